The first-order valence-corrected chi connectivity index (χ1v) is 8.00. The van der Waals surface area contributed by atoms with E-state index in [1.165, 1.54) is 0 Å². The van der Waals surface area contributed by atoms with Gasteiger partial charge in [-0.25, -0.2) is 4.98 Å². The monoisotopic (exact) mass is 306 g/mol. The molecule has 114 valence electrons. The third-order valence-electron chi connectivity index (χ3n) is 3.53. The van der Waals surface area contributed by atoms with E-state index in [2.05, 4.69) is 17.2 Å². The van der Waals surface area contributed by atoms with Gasteiger partial charge in [-0.3, -0.25) is 0 Å². The molecule has 2 N–H and O–H groups in total. The van der Waals surface area contributed by atoms with Gasteiger partial charge in [0.15, 0.2) is 0 Å². The highest BCUT2D eigenvalue weighted by molar-refractivity contribution is 7.09. The summed E-state index contributed by atoms with van der Waals surface area (Å²) in [6.07, 6.45) is 0.873. The number of benzene rings is 1. The van der Waals surface area contributed by atoms with Gasteiger partial charge in [-0.1, -0.05) is 25.1 Å². The topological polar surface area (TPSA) is 54.4 Å². The highest BCUT2D eigenvalue weighted by Gasteiger charge is 2.20. The number of rotatable bonds is 8. The number of aromatic nitrogens is 1. The predicted octanol–water partition coefficient (Wildman–Crippen LogP) is 2.97. The van der Waals surface area contributed by atoms with Crippen molar-refractivity contribution in [1.29, 1.82) is 0 Å². The van der Waals surface area contributed by atoms with Gasteiger partial charge >= 0.3 is 0 Å². The third kappa shape index (κ3) is 4.81. The lowest BCUT2D eigenvalue weighted by atomic mass is 10.0. The van der Waals surface area contributed by atoms with E-state index < -0.39 is 0 Å². The number of thiazole rings is 1. The van der Waals surface area contributed by atoms with Crippen molar-refractivity contribution in [1.82, 2.24) is 10.3 Å². The minimum absolute atomic E-state index is 0.123. The minimum atomic E-state index is -0.246. The van der Waals surface area contributed by atoms with E-state index in [1.807, 2.05) is 42.6 Å². The van der Waals surface area contributed by atoms with Gasteiger partial charge in [0.2, 0.25) is 0 Å². The minimum Gasteiger partial charge on any atom is -0.486 e. The van der Waals surface area contributed by atoms with Crippen molar-refractivity contribution in [3.05, 3.63) is 46.4 Å². The lowest BCUT2D eigenvalue weighted by Gasteiger charge is -2.26. The number of aliphatic hydroxyl groups excluding tert-OH is 1. The number of hydrogen-bond donors (Lipinski definition) is 2. The highest BCUT2D eigenvalue weighted by atomic mass is 32.1. The Bertz CT molecular complexity index is 538. The Morgan fingerprint density at radius 1 is 1.33 bits per heavy atom. The molecule has 1 aromatic carbocycles. The lowest BCUT2D eigenvalue weighted by molar-refractivity contribution is 0.168. The molecule has 1 unspecified atom stereocenters. The summed E-state index contributed by atoms with van der Waals surface area (Å²) in [7, 11) is 0. The number of aliphatic hydroxyl groups is 1. The van der Waals surface area contributed by atoms with Crippen molar-refractivity contribution < 1.29 is 9.84 Å². The molecule has 0 radical (unpaired) electrons. The van der Waals surface area contributed by atoms with Crippen molar-refractivity contribution in [2.24, 2.45) is 0 Å². The fraction of sp³-hybridized carbons (Fsp3) is 0.438. The van der Waals surface area contributed by atoms with Crippen LogP contribution in [0.25, 0.3) is 0 Å². The Kier molecular flexibility index (Phi) is 5.73. The van der Waals surface area contributed by atoms with Crippen LogP contribution in [0.15, 0.2) is 35.7 Å². The average molecular weight is 306 g/mol. The number of ether oxygens (including phenoxy) is 1. The normalized spacial score (nSPS) is 13.9. The first-order chi connectivity index (χ1) is 10.1. The average Bonchev–Trinajstić information content (AvgIpc) is 3.00. The van der Waals surface area contributed by atoms with E-state index in [0.717, 1.165) is 22.9 Å². The Labute approximate surface area is 129 Å². The molecule has 0 bridgehead atoms. The highest BCUT2D eigenvalue weighted by Crippen LogP contribution is 2.16. The lowest BCUT2D eigenvalue weighted by Crippen LogP contribution is -2.44. The molecule has 0 aliphatic heterocycles. The zero-order chi connectivity index (χ0) is 15.1. The van der Waals surface area contributed by atoms with Gasteiger partial charge in [0.05, 0.1) is 12.3 Å². The van der Waals surface area contributed by atoms with Crippen LogP contribution in [0, 0.1) is 0 Å². The second kappa shape index (κ2) is 7.54. The number of nitrogens with one attached hydrogen (secondary N) is 1. The van der Waals surface area contributed by atoms with E-state index in [0.29, 0.717) is 13.2 Å². The van der Waals surface area contributed by atoms with Gasteiger partial charge in [0.1, 0.15) is 17.4 Å². The summed E-state index contributed by atoms with van der Waals surface area (Å²) in [6.45, 7) is 5.34. The van der Waals surface area contributed by atoms with E-state index in [1.54, 1.807) is 11.3 Å². The van der Waals surface area contributed by atoms with Gasteiger partial charge in [0.25, 0.3) is 0 Å². The fourth-order valence-corrected chi connectivity index (χ4v) is 2.46. The maximum Gasteiger partial charge on any atom is 0.140 e. The van der Waals surface area contributed by atoms with Crippen LogP contribution in [0.5, 0.6) is 5.75 Å². The zero-order valence-electron chi connectivity index (χ0n) is 12.5. The molecule has 0 amide bonds. The molecule has 0 aliphatic rings. The fourth-order valence-electron chi connectivity index (χ4n) is 1.75. The van der Waals surface area contributed by atoms with Crippen LogP contribution < -0.4 is 10.1 Å². The van der Waals surface area contributed by atoms with E-state index >= 15 is 0 Å². The number of para-hydroxylation sites is 1. The smallest absolute Gasteiger partial charge is 0.140 e. The van der Waals surface area contributed by atoms with Gasteiger partial charge in [-0.05, 0) is 25.5 Å². The van der Waals surface area contributed by atoms with Crippen LogP contribution in [0.1, 0.15) is 31.0 Å². The molecule has 0 saturated carbocycles. The molecule has 0 fully saturated rings. The molecule has 0 spiro atoms. The first-order valence-electron chi connectivity index (χ1n) is 7.12. The van der Waals surface area contributed by atoms with Gasteiger partial charge in [-0.15, -0.1) is 11.3 Å². The molecule has 2 rings (SSSR count). The Morgan fingerprint density at radius 2 is 2.10 bits per heavy atom. The largest absolute Gasteiger partial charge is 0.486 e. The molecule has 2 aromatic rings. The summed E-state index contributed by atoms with van der Waals surface area (Å²) in [5.74, 6) is 0.853. The SMILES string of the molecule is CCC(C)(CO)NCc1csc(COc2ccccc2)n1. The molecule has 1 aromatic heterocycles. The Hall–Kier alpha value is -1.43. The second-order valence-electron chi connectivity index (χ2n) is 5.26. The van der Waals surface area contributed by atoms with E-state index in [9.17, 15) is 5.11 Å². The Balaban J connectivity index is 1.84. The van der Waals surface area contributed by atoms with Crippen LogP contribution in [-0.2, 0) is 13.2 Å². The molecular weight excluding hydrogens is 284 g/mol. The molecule has 0 aliphatic carbocycles. The molecule has 21 heavy (non-hydrogen) atoms. The van der Waals surface area contributed by atoms with E-state index in [-0.39, 0.29) is 12.1 Å². The van der Waals surface area contributed by atoms with Gasteiger partial charge in [0, 0.05) is 17.5 Å². The van der Waals surface area contributed by atoms with Crippen LogP contribution in [0.4, 0.5) is 0 Å². The van der Waals surface area contributed by atoms with Gasteiger partial charge in [-0.2, -0.15) is 0 Å². The van der Waals surface area contributed by atoms with Crippen LogP contribution >= 0.6 is 11.3 Å². The number of hydrogen-bond acceptors (Lipinski definition) is 5. The molecular formula is C16H22N2O2S. The molecule has 5 heteroatoms. The summed E-state index contributed by atoms with van der Waals surface area (Å²) in [5, 5.41) is 15.7. The first kappa shape index (κ1) is 15.9. The second-order valence-corrected chi connectivity index (χ2v) is 6.20. The van der Waals surface area contributed by atoms with Crippen molar-refractivity contribution in [2.75, 3.05) is 6.61 Å². The van der Waals surface area contributed by atoms with Crippen LogP contribution in [-0.4, -0.2) is 22.2 Å². The van der Waals surface area contributed by atoms with Crippen LogP contribution in [0.2, 0.25) is 0 Å². The van der Waals surface area contributed by atoms with Gasteiger partial charge < -0.3 is 15.2 Å². The maximum absolute atomic E-state index is 9.38. The standard InChI is InChI=1S/C16H22N2O2S/c1-3-16(2,12-19)17-9-13-11-21-15(18-13)10-20-14-7-5-4-6-8-14/h4-8,11,17,19H,3,9-10,12H2,1-2H3. The Morgan fingerprint density at radius 3 is 2.76 bits per heavy atom. The summed E-state index contributed by atoms with van der Waals surface area (Å²) >= 11 is 1.60. The molecule has 1 heterocycles. The molecule has 4 nitrogen and oxygen atoms in total. The quantitative estimate of drug-likeness (QED) is 0.787. The van der Waals surface area contributed by atoms with Crippen LogP contribution in [0.3, 0.4) is 0 Å². The van der Waals surface area contributed by atoms with Crippen molar-refractivity contribution in [2.45, 2.75) is 39.0 Å². The van der Waals surface area contributed by atoms with Crippen molar-refractivity contribution in [3.63, 3.8) is 0 Å². The van der Waals surface area contributed by atoms with Crippen molar-refractivity contribution >= 4 is 11.3 Å². The number of nitrogens with zero attached hydrogens (tertiary/aromatic N) is 1. The molecule has 0 saturated heterocycles. The summed E-state index contributed by atoms with van der Waals surface area (Å²) in [6, 6.07) is 9.74. The summed E-state index contributed by atoms with van der Waals surface area (Å²) in [4.78, 5) is 4.55. The summed E-state index contributed by atoms with van der Waals surface area (Å²) in [5.41, 5.74) is 0.740. The van der Waals surface area contributed by atoms with E-state index in [4.69, 9.17) is 4.74 Å². The third-order valence-corrected chi connectivity index (χ3v) is 4.40. The predicted molar refractivity (Wildman–Crippen MR) is 85.5 cm³/mol. The summed E-state index contributed by atoms with van der Waals surface area (Å²) < 4.78 is 5.68. The zero-order valence-corrected chi connectivity index (χ0v) is 13.3. The maximum atomic E-state index is 9.38. The molecule has 1 atom stereocenters. The van der Waals surface area contributed by atoms with Crippen molar-refractivity contribution in [3.8, 4) is 5.75 Å².